The second kappa shape index (κ2) is 6.93. The fraction of sp³-hybridized carbons (Fsp3) is 0.333. The summed E-state index contributed by atoms with van der Waals surface area (Å²) in [4.78, 5) is 0. The van der Waals surface area contributed by atoms with Gasteiger partial charge in [-0.25, -0.2) is 0 Å². The average Bonchev–Trinajstić information content (AvgIpc) is 2.56. The van der Waals surface area contributed by atoms with Crippen LogP contribution < -0.4 is 0 Å². The minimum Gasteiger partial charge on any atom is -0.389 e. The lowest BCUT2D eigenvalue weighted by atomic mass is 9.69. The molecule has 2 rings (SSSR count). The zero-order valence-electron chi connectivity index (χ0n) is 13.7. The number of hydrogen-bond acceptors (Lipinski definition) is 1. The quantitative estimate of drug-likeness (QED) is 0.731. The topological polar surface area (TPSA) is 20.2 Å². The van der Waals surface area contributed by atoms with E-state index in [1.54, 1.807) is 0 Å². The van der Waals surface area contributed by atoms with Gasteiger partial charge in [-0.05, 0) is 24.0 Å². The zero-order chi connectivity index (χ0) is 16.2. The molecule has 0 radical (unpaired) electrons. The van der Waals surface area contributed by atoms with Crippen molar-refractivity contribution in [1.82, 2.24) is 0 Å². The normalized spacial score (nSPS) is 18.0. The molecule has 1 nitrogen and oxygen atoms in total. The molecule has 0 bridgehead atoms. The van der Waals surface area contributed by atoms with E-state index in [9.17, 15) is 5.11 Å². The van der Waals surface area contributed by atoms with Crippen LogP contribution in [0.1, 0.15) is 43.7 Å². The highest BCUT2D eigenvalue weighted by Gasteiger charge is 2.39. The minimum atomic E-state index is -0.863. The predicted octanol–water partition coefficient (Wildman–Crippen LogP) is 5.15. The molecule has 0 aliphatic heterocycles. The van der Waals surface area contributed by atoms with Crippen molar-refractivity contribution in [3.8, 4) is 0 Å². The third-order valence-electron chi connectivity index (χ3n) is 4.97. The van der Waals surface area contributed by atoms with Crippen LogP contribution >= 0.6 is 0 Å². The largest absolute Gasteiger partial charge is 0.389 e. The lowest BCUT2D eigenvalue weighted by molar-refractivity contribution is -0.0118. The second-order valence-electron chi connectivity index (χ2n) is 6.32. The van der Waals surface area contributed by atoms with Gasteiger partial charge in [0.1, 0.15) is 0 Å². The molecule has 0 aliphatic carbocycles. The highest BCUT2D eigenvalue weighted by atomic mass is 16.3. The van der Waals surface area contributed by atoms with E-state index >= 15 is 0 Å². The van der Waals surface area contributed by atoms with Gasteiger partial charge >= 0.3 is 0 Å². The number of aliphatic hydroxyl groups is 1. The molecule has 0 heterocycles. The lowest BCUT2D eigenvalue weighted by Gasteiger charge is -2.40. The molecule has 2 aromatic carbocycles. The van der Waals surface area contributed by atoms with E-state index in [1.165, 1.54) is 5.56 Å². The van der Waals surface area contributed by atoms with E-state index in [1.807, 2.05) is 49.4 Å². The molecule has 116 valence electrons. The molecule has 22 heavy (non-hydrogen) atoms. The van der Waals surface area contributed by atoms with Crippen LogP contribution in [0.25, 0.3) is 0 Å². The maximum absolute atomic E-state index is 11.3. The molecule has 2 aromatic rings. The summed E-state index contributed by atoms with van der Waals surface area (Å²) in [6, 6.07) is 20.5. The van der Waals surface area contributed by atoms with E-state index in [4.69, 9.17) is 0 Å². The summed E-state index contributed by atoms with van der Waals surface area (Å²) >= 11 is 0. The molecule has 0 saturated heterocycles. The summed E-state index contributed by atoms with van der Waals surface area (Å²) in [5.74, 6) is 0.216. The van der Waals surface area contributed by atoms with Crippen LogP contribution in [0.3, 0.4) is 0 Å². The van der Waals surface area contributed by atoms with E-state index in [0.29, 0.717) is 0 Å². The maximum atomic E-state index is 11.3. The van der Waals surface area contributed by atoms with Crippen molar-refractivity contribution >= 4 is 0 Å². The monoisotopic (exact) mass is 294 g/mol. The fourth-order valence-corrected chi connectivity index (χ4v) is 3.28. The van der Waals surface area contributed by atoms with Crippen molar-refractivity contribution in [2.24, 2.45) is 5.92 Å². The molecule has 1 N–H and O–H groups in total. The smallest absolute Gasteiger partial charge is 0.0753 e. The summed E-state index contributed by atoms with van der Waals surface area (Å²) in [6.45, 7) is 10.2. The minimum absolute atomic E-state index is 0.0230. The molecule has 0 unspecified atom stereocenters. The van der Waals surface area contributed by atoms with Crippen molar-refractivity contribution in [2.45, 2.75) is 38.2 Å². The standard InChI is InChI=1S/C21H26O/c1-5-20(16(2)18-12-8-6-9-13-18)21(4,22)17(3)19-14-10-7-11-15-19/h5-17,20,22H,1H2,2-4H3/t16-,17-,20+,21+/m0/s1. The fourth-order valence-electron chi connectivity index (χ4n) is 3.28. The lowest BCUT2D eigenvalue weighted by Crippen LogP contribution is -2.41. The number of rotatable bonds is 6. The van der Waals surface area contributed by atoms with Crippen molar-refractivity contribution in [3.63, 3.8) is 0 Å². The van der Waals surface area contributed by atoms with E-state index in [0.717, 1.165) is 5.56 Å². The van der Waals surface area contributed by atoms with Crippen LogP contribution in [0.4, 0.5) is 0 Å². The summed E-state index contributed by atoms with van der Waals surface area (Å²) in [6.07, 6.45) is 1.90. The van der Waals surface area contributed by atoms with Crippen molar-refractivity contribution in [1.29, 1.82) is 0 Å². The summed E-state index contributed by atoms with van der Waals surface area (Å²) in [5.41, 5.74) is 1.52. The first kappa shape index (κ1) is 16.5. The summed E-state index contributed by atoms with van der Waals surface area (Å²) in [5, 5.41) is 11.3. The van der Waals surface area contributed by atoms with Crippen LogP contribution in [-0.2, 0) is 0 Å². The molecule has 0 aliphatic rings. The van der Waals surface area contributed by atoms with Gasteiger partial charge in [0.25, 0.3) is 0 Å². The van der Waals surface area contributed by atoms with Crippen LogP contribution in [-0.4, -0.2) is 10.7 Å². The Morgan fingerprint density at radius 2 is 1.36 bits per heavy atom. The van der Waals surface area contributed by atoms with Gasteiger partial charge in [-0.1, -0.05) is 80.6 Å². The van der Waals surface area contributed by atoms with E-state index in [-0.39, 0.29) is 17.8 Å². The molecule has 0 spiro atoms. The molecule has 0 amide bonds. The first-order valence-electron chi connectivity index (χ1n) is 7.93. The Bertz CT molecular complexity index is 586. The number of hydrogen-bond donors (Lipinski definition) is 1. The summed E-state index contributed by atoms with van der Waals surface area (Å²) in [7, 11) is 0. The molecule has 1 heteroatoms. The Hall–Kier alpha value is -1.86. The molecule has 0 saturated carbocycles. The Kier molecular flexibility index (Phi) is 5.20. The van der Waals surface area contributed by atoms with Crippen LogP contribution in [0, 0.1) is 5.92 Å². The third-order valence-corrected chi connectivity index (χ3v) is 4.97. The van der Waals surface area contributed by atoms with Gasteiger partial charge in [0.05, 0.1) is 5.60 Å². The second-order valence-corrected chi connectivity index (χ2v) is 6.32. The van der Waals surface area contributed by atoms with Gasteiger partial charge < -0.3 is 5.11 Å². The van der Waals surface area contributed by atoms with Crippen LogP contribution in [0.5, 0.6) is 0 Å². The van der Waals surface area contributed by atoms with Gasteiger partial charge in [-0.3, -0.25) is 0 Å². The average molecular weight is 294 g/mol. The van der Waals surface area contributed by atoms with E-state index in [2.05, 4.69) is 44.7 Å². The molecular weight excluding hydrogens is 268 g/mol. The maximum Gasteiger partial charge on any atom is 0.0753 e. The van der Waals surface area contributed by atoms with Gasteiger partial charge in [0.2, 0.25) is 0 Å². The van der Waals surface area contributed by atoms with Gasteiger partial charge in [0.15, 0.2) is 0 Å². The molecular formula is C21H26O. The van der Waals surface area contributed by atoms with Crippen molar-refractivity contribution < 1.29 is 5.11 Å². The van der Waals surface area contributed by atoms with Crippen molar-refractivity contribution in [3.05, 3.63) is 84.4 Å². The van der Waals surface area contributed by atoms with Crippen LogP contribution in [0.15, 0.2) is 73.3 Å². The van der Waals surface area contributed by atoms with Gasteiger partial charge in [-0.15, -0.1) is 6.58 Å². The molecule has 4 atom stereocenters. The molecule has 0 aromatic heterocycles. The van der Waals surface area contributed by atoms with Crippen LogP contribution in [0.2, 0.25) is 0 Å². The Morgan fingerprint density at radius 3 is 1.82 bits per heavy atom. The zero-order valence-corrected chi connectivity index (χ0v) is 13.7. The van der Waals surface area contributed by atoms with Crippen molar-refractivity contribution in [2.75, 3.05) is 0 Å². The summed E-state index contributed by atoms with van der Waals surface area (Å²) < 4.78 is 0. The first-order valence-corrected chi connectivity index (χ1v) is 7.93. The molecule has 0 fully saturated rings. The Balaban J connectivity index is 2.30. The highest BCUT2D eigenvalue weighted by Crippen LogP contribution is 2.41. The predicted molar refractivity (Wildman–Crippen MR) is 94.0 cm³/mol. The Morgan fingerprint density at radius 1 is 0.909 bits per heavy atom. The van der Waals surface area contributed by atoms with Gasteiger partial charge in [-0.2, -0.15) is 0 Å². The SMILES string of the molecule is C=C[C@H]([C@@H](C)c1ccccc1)[C@](C)(O)[C@@H](C)c1ccccc1. The third kappa shape index (κ3) is 3.31. The number of benzene rings is 2. The van der Waals surface area contributed by atoms with Gasteiger partial charge in [0, 0.05) is 11.8 Å². The Labute approximate surface area is 134 Å². The highest BCUT2D eigenvalue weighted by molar-refractivity contribution is 5.27. The van der Waals surface area contributed by atoms with E-state index < -0.39 is 5.60 Å². The first-order chi connectivity index (χ1) is 10.5.